The van der Waals surface area contributed by atoms with Crippen LogP contribution in [0.2, 0.25) is 0 Å². The Labute approximate surface area is 255 Å². The summed E-state index contributed by atoms with van der Waals surface area (Å²) in [6.07, 6.45) is 2.67. The van der Waals surface area contributed by atoms with Crippen LogP contribution in [-0.2, 0) is 21.3 Å². The van der Waals surface area contributed by atoms with Gasteiger partial charge in [0.1, 0.15) is 11.7 Å². The van der Waals surface area contributed by atoms with E-state index < -0.39 is 36.1 Å². The van der Waals surface area contributed by atoms with Gasteiger partial charge in [-0.25, -0.2) is 14.6 Å². The van der Waals surface area contributed by atoms with Crippen LogP contribution in [0.5, 0.6) is 0 Å². The number of amides is 2. The zero-order valence-electron chi connectivity index (χ0n) is 24.7. The molecule has 0 spiro atoms. The van der Waals surface area contributed by atoms with Crippen LogP contribution in [0.3, 0.4) is 0 Å². The van der Waals surface area contributed by atoms with Gasteiger partial charge in [0.05, 0.1) is 38.8 Å². The van der Waals surface area contributed by atoms with Gasteiger partial charge in [-0.1, -0.05) is 54.5 Å². The van der Waals surface area contributed by atoms with E-state index in [1.807, 2.05) is 55.6 Å². The zero-order chi connectivity index (χ0) is 31.2. The number of methoxy groups -OCH3 is 2. The van der Waals surface area contributed by atoms with Crippen molar-refractivity contribution in [2.45, 2.75) is 25.0 Å². The molecule has 0 bridgehead atoms. The van der Waals surface area contributed by atoms with E-state index in [1.165, 1.54) is 19.1 Å². The van der Waals surface area contributed by atoms with E-state index in [9.17, 15) is 14.4 Å². The van der Waals surface area contributed by atoms with E-state index in [2.05, 4.69) is 34.0 Å². The Morgan fingerprint density at radius 3 is 2.07 bits per heavy atom. The summed E-state index contributed by atoms with van der Waals surface area (Å²) in [7, 11) is 4.37. The minimum absolute atomic E-state index is 0.304. The fourth-order valence-electron chi connectivity index (χ4n) is 5.31. The number of carbonyl (C=O) groups excluding carboxylic acids is 3. The van der Waals surface area contributed by atoms with E-state index in [4.69, 9.17) is 9.47 Å². The maximum absolute atomic E-state index is 13.4. The molecular weight excluding hydrogens is 556 g/mol. The van der Waals surface area contributed by atoms with Gasteiger partial charge in [-0.3, -0.25) is 9.69 Å². The Bertz CT molecular complexity index is 1790. The molecule has 0 fully saturated rings. The van der Waals surface area contributed by atoms with Crippen LogP contribution in [-0.4, -0.2) is 58.7 Å². The number of fused-ring (bicyclic) bond motifs is 3. The van der Waals surface area contributed by atoms with Crippen molar-refractivity contribution in [3.8, 4) is 34.8 Å². The summed E-state index contributed by atoms with van der Waals surface area (Å²) in [5.41, 5.74) is 5.46. The smallest absolute Gasteiger partial charge is 0.410 e. The molecule has 2 amide bonds. The summed E-state index contributed by atoms with van der Waals surface area (Å²) in [4.78, 5) is 45.3. The fourth-order valence-corrected chi connectivity index (χ4v) is 5.31. The van der Waals surface area contributed by atoms with Crippen molar-refractivity contribution in [2.75, 3.05) is 14.2 Å². The van der Waals surface area contributed by atoms with Crippen molar-refractivity contribution < 1.29 is 23.9 Å². The minimum atomic E-state index is -1.20. The van der Waals surface area contributed by atoms with Gasteiger partial charge in [-0.15, -0.1) is 0 Å². The highest BCUT2D eigenvalue weighted by Crippen LogP contribution is 2.47. The summed E-state index contributed by atoms with van der Waals surface area (Å²) >= 11 is 0. The lowest BCUT2D eigenvalue weighted by molar-refractivity contribution is -0.144. The number of ether oxygens (including phenoxy) is 2. The molecule has 5 rings (SSSR count). The van der Waals surface area contributed by atoms with Crippen LogP contribution in [0, 0.1) is 23.7 Å². The summed E-state index contributed by atoms with van der Waals surface area (Å²) in [5, 5.41) is 2.78. The predicted octanol–water partition coefficient (Wildman–Crippen LogP) is 4.32. The third-order valence-electron chi connectivity index (χ3n) is 7.55. The number of nitrogens with zero attached hydrogens (tertiary/aromatic N) is 3. The number of aryl methyl sites for hydroxylation is 1. The van der Waals surface area contributed by atoms with Crippen LogP contribution < -0.4 is 5.32 Å². The number of benzene rings is 3. The molecule has 0 aliphatic heterocycles. The quantitative estimate of drug-likeness (QED) is 0.267. The normalized spacial score (nSPS) is 12.6. The molecule has 1 aliphatic carbocycles. The maximum Gasteiger partial charge on any atom is 0.410 e. The molecule has 9 heteroatoms. The first-order valence-electron chi connectivity index (χ1n) is 13.9. The van der Waals surface area contributed by atoms with Gasteiger partial charge in [0, 0.05) is 18.2 Å². The second-order valence-corrected chi connectivity index (χ2v) is 10.1. The van der Waals surface area contributed by atoms with Crippen molar-refractivity contribution in [3.05, 3.63) is 113 Å². The van der Waals surface area contributed by atoms with E-state index in [0.717, 1.165) is 27.9 Å². The van der Waals surface area contributed by atoms with Crippen LogP contribution in [0.1, 0.15) is 45.7 Å². The van der Waals surface area contributed by atoms with Crippen molar-refractivity contribution >= 4 is 18.0 Å². The lowest BCUT2D eigenvalue weighted by Crippen LogP contribution is -2.57. The summed E-state index contributed by atoms with van der Waals surface area (Å²) in [6, 6.07) is 19.6. The number of nitrogens with one attached hydrogen (secondary N) is 1. The Balaban J connectivity index is 1.39. The van der Waals surface area contributed by atoms with Gasteiger partial charge < -0.3 is 19.4 Å². The lowest BCUT2D eigenvalue weighted by Gasteiger charge is -2.37. The third-order valence-corrected chi connectivity index (χ3v) is 7.55. The molecule has 2 atom stereocenters. The number of aromatic nitrogens is 2. The van der Waals surface area contributed by atoms with Crippen LogP contribution >= 0.6 is 0 Å². The van der Waals surface area contributed by atoms with Crippen molar-refractivity contribution in [2.24, 2.45) is 7.05 Å². The highest BCUT2D eigenvalue weighted by atomic mass is 16.5. The molecule has 1 N–H and O–H groups in total. The number of imidazole rings is 1. The molecule has 1 heterocycles. The van der Waals surface area contributed by atoms with E-state index >= 15 is 0 Å². The Morgan fingerprint density at radius 1 is 0.886 bits per heavy atom. The molecule has 1 aliphatic rings. The number of rotatable bonds is 6. The monoisotopic (exact) mass is 586 g/mol. The van der Waals surface area contributed by atoms with E-state index in [0.29, 0.717) is 11.1 Å². The van der Waals surface area contributed by atoms with Crippen molar-refractivity contribution in [1.82, 2.24) is 19.8 Å². The summed E-state index contributed by atoms with van der Waals surface area (Å²) < 4.78 is 12.1. The number of carbonyl (C=O) groups is 3. The van der Waals surface area contributed by atoms with Crippen molar-refractivity contribution in [1.29, 1.82) is 0 Å². The topological polar surface area (TPSA) is 103 Å². The molecule has 1 aromatic heterocycles. The zero-order valence-corrected chi connectivity index (χ0v) is 24.7. The van der Waals surface area contributed by atoms with E-state index in [-0.39, 0.29) is 0 Å². The van der Waals surface area contributed by atoms with Crippen LogP contribution in [0.4, 0.5) is 4.79 Å². The number of hydrogen-bond donors (Lipinski definition) is 1. The van der Waals surface area contributed by atoms with Crippen molar-refractivity contribution in [3.63, 3.8) is 0 Å². The van der Waals surface area contributed by atoms with Gasteiger partial charge in [-0.05, 0) is 71.2 Å². The lowest BCUT2D eigenvalue weighted by atomic mass is 9.99. The first kappa shape index (κ1) is 29.7. The van der Waals surface area contributed by atoms with Gasteiger partial charge in [0.25, 0.3) is 5.91 Å². The predicted molar refractivity (Wildman–Crippen MR) is 164 cm³/mol. The molecule has 0 radical (unpaired) electrons. The second-order valence-electron chi connectivity index (χ2n) is 10.1. The first-order chi connectivity index (χ1) is 21.3. The van der Waals surface area contributed by atoms with Gasteiger partial charge in [-0.2, -0.15) is 0 Å². The van der Waals surface area contributed by atoms with E-state index in [1.54, 1.807) is 48.3 Å². The Kier molecular flexibility index (Phi) is 8.78. The Hall–Kier alpha value is -5.80. The average Bonchev–Trinajstić information content (AvgIpc) is 3.62. The van der Waals surface area contributed by atoms with Gasteiger partial charge in [0.2, 0.25) is 0 Å². The second kappa shape index (κ2) is 13.0. The molecule has 9 nitrogen and oxygen atoms in total. The van der Waals surface area contributed by atoms with Crippen LogP contribution in [0.25, 0.3) is 11.1 Å². The highest BCUT2D eigenvalue weighted by molar-refractivity contribution is 5.97. The maximum atomic E-state index is 13.4. The fraction of sp³-hybridized carbons (Fsp3) is 0.200. The highest BCUT2D eigenvalue weighted by Gasteiger charge is 2.43. The molecule has 44 heavy (non-hydrogen) atoms. The number of esters is 1. The largest absolute Gasteiger partial charge is 0.467 e. The standard InChI is InChI=1S/C35H30N4O5/c1-23(39(35(42)44-4)32-29-15-9-7-13-27(29)28-14-8-10-16-30(28)32)31(34(41)43-3)37-33(40)25-19-17-24(18-20-25)11-5-6-12-26-21-36-22-38(26)2/h7-10,13-23,31-32H,1-4H3,(H,37,40)/t23-,31+/m1/s1. The molecular formula is C35H30N4O5. The molecule has 0 saturated heterocycles. The molecule has 3 aromatic carbocycles. The minimum Gasteiger partial charge on any atom is -0.467 e. The first-order valence-corrected chi connectivity index (χ1v) is 13.9. The molecule has 220 valence electrons. The van der Waals surface area contributed by atoms with Gasteiger partial charge in [0.15, 0.2) is 0 Å². The Morgan fingerprint density at radius 2 is 1.50 bits per heavy atom. The average molecular weight is 587 g/mol. The van der Waals surface area contributed by atoms with Crippen LogP contribution in [0.15, 0.2) is 85.3 Å². The summed E-state index contributed by atoms with van der Waals surface area (Å²) in [6.45, 7) is 1.69. The molecule has 4 aromatic rings. The summed E-state index contributed by atoms with van der Waals surface area (Å²) in [5.74, 6) is 10.2. The third kappa shape index (κ3) is 5.90. The number of hydrogen-bond acceptors (Lipinski definition) is 6. The molecule has 0 unspecified atom stereocenters. The van der Waals surface area contributed by atoms with Gasteiger partial charge >= 0.3 is 12.1 Å². The molecule has 0 saturated carbocycles. The SMILES string of the molecule is COC(=O)[C@@H](NC(=O)c1ccc(C#CC#Cc2cncn2C)cc1)[C@@H](C)N(C(=O)OC)C1c2ccccc2-c2ccccc21.